The fourth-order valence-corrected chi connectivity index (χ4v) is 3.84. The third-order valence-corrected chi connectivity index (χ3v) is 5.16. The number of ether oxygens (including phenoxy) is 1. The smallest absolute Gasteiger partial charge is 0.246 e. The van der Waals surface area contributed by atoms with Gasteiger partial charge in [-0.05, 0) is 44.9 Å². The van der Waals surface area contributed by atoms with Crippen LogP contribution in [0.4, 0.5) is 0 Å². The summed E-state index contributed by atoms with van der Waals surface area (Å²) in [6.07, 6.45) is 6.65. The van der Waals surface area contributed by atoms with Crippen molar-refractivity contribution in [2.24, 2.45) is 5.92 Å². The van der Waals surface area contributed by atoms with Gasteiger partial charge in [0.25, 0.3) is 0 Å². The van der Waals surface area contributed by atoms with Gasteiger partial charge in [0.2, 0.25) is 11.8 Å². The largest absolute Gasteiger partial charge is 0.382 e. The Morgan fingerprint density at radius 2 is 2.00 bits per heavy atom. The minimum Gasteiger partial charge on any atom is -0.382 e. The van der Waals surface area contributed by atoms with Crippen molar-refractivity contribution in [2.75, 3.05) is 19.8 Å². The number of amides is 2. The minimum atomic E-state index is -0.561. The molecule has 5 heteroatoms. The fraction of sp³-hybridized carbons (Fsp3) is 0.875. The molecule has 0 radical (unpaired) electrons. The molecule has 21 heavy (non-hydrogen) atoms. The molecular weight excluding hydrogens is 268 g/mol. The number of nitrogens with one attached hydrogen (secondary N) is 1. The van der Waals surface area contributed by atoms with Crippen molar-refractivity contribution in [3.8, 4) is 0 Å². The molecule has 1 heterocycles. The fourth-order valence-electron chi connectivity index (χ4n) is 3.84. The minimum absolute atomic E-state index is 0.0907. The van der Waals surface area contributed by atoms with Crippen LogP contribution in [0.2, 0.25) is 0 Å². The lowest BCUT2D eigenvalue weighted by molar-refractivity contribution is -0.158. The first-order valence-electron chi connectivity index (χ1n) is 8.39. The zero-order valence-corrected chi connectivity index (χ0v) is 12.9. The summed E-state index contributed by atoms with van der Waals surface area (Å²) in [4.78, 5) is 27.4. The van der Waals surface area contributed by atoms with Crippen molar-refractivity contribution in [1.29, 1.82) is 0 Å². The first-order valence-corrected chi connectivity index (χ1v) is 8.39. The SMILES string of the molecule is CCOCCCN1C(=O)C(C2CC2)NC(=O)C12CCCC2. The van der Waals surface area contributed by atoms with Crippen LogP contribution < -0.4 is 5.32 Å². The molecule has 0 aromatic carbocycles. The van der Waals surface area contributed by atoms with Crippen LogP contribution in [0.1, 0.15) is 51.9 Å². The lowest BCUT2D eigenvalue weighted by Gasteiger charge is -2.46. The molecule has 1 atom stereocenters. The van der Waals surface area contributed by atoms with Crippen molar-refractivity contribution in [1.82, 2.24) is 10.2 Å². The molecule has 1 aliphatic heterocycles. The third-order valence-electron chi connectivity index (χ3n) is 5.16. The maximum Gasteiger partial charge on any atom is 0.246 e. The molecule has 5 nitrogen and oxygen atoms in total. The van der Waals surface area contributed by atoms with E-state index in [4.69, 9.17) is 4.74 Å². The average molecular weight is 294 g/mol. The predicted molar refractivity (Wildman–Crippen MR) is 78.7 cm³/mol. The van der Waals surface area contributed by atoms with E-state index in [-0.39, 0.29) is 17.9 Å². The number of hydrogen-bond acceptors (Lipinski definition) is 3. The monoisotopic (exact) mass is 294 g/mol. The van der Waals surface area contributed by atoms with Crippen LogP contribution in [0.3, 0.4) is 0 Å². The first kappa shape index (κ1) is 14.8. The second kappa shape index (κ2) is 5.95. The van der Waals surface area contributed by atoms with Gasteiger partial charge in [0.15, 0.2) is 0 Å². The lowest BCUT2D eigenvalue weighted by atomic mass is 9.88. The van der Waals surface area contributed by atoms with Gasteiger partial charge in [-0.3, -0.25) is 9.59 Å². The van der Waals surface area contributed by atoms with Crippen LogP contribution in [0.25, 0.3) is 0 Å². The third kappa shape index (κ3) is 2.68. The van der Waals surface area contributed by atoms with Crippen molar-refractivity contribution in [3.05, 3.63) is 0 Å². The molecule has 2 aliphatic carbocycles. The summed E-state index contributed by atoms with van der Waals surface area (Å²) in [5.74, 6) is 0.609. The van der Waals surface area contributed by atoms with Gasteiger partial charge < -0.3 is 15.0 Å². The summed E-state index contributed by atoms with van der Waals surface area (Å²) in [6, 6.07) is -0.268. The average Bonchev–Trinajstić information content (AvgIpc) is 3.20. The van der Waals surface area contributed by atoms with Crippen molar-refractivity contribution in [3.63, 3.8) is 0 Å². The van der Waals surface area contributed by atoms with Crippen LogP contribution in [0, 0.1) is 5.92 Å². The molecule has 0 aromatic heterocycles. The highest BCUT2D eigenvalue weighted by Crippen LogP contribution is 2.42. The van der Waals surface area contributed by atoms with Crippen LogP contribution in [-0.2, 0) is 14.3 Å². The molecule has 3 aliphatic rings. The van der Waals surface area contributed by atoms with E-state index in [0.717, 1.165) is 44.9 Å². The number of carbonyl (C=O) groups excluding carboxylic acids is 2. The molecule has 1 N–H and O–H groups in total. The first-order chi connectivity index (χ1) is 10.2. The van der Waals surface area contributed by atoms with Gasteiger partial charge in [0.1, 0.15) is 11.6 Å². The Hall–Kier alpha value is -1.10. The Labute approximate surface area is 126 Å². The van der Waals surface area contributed by atoms with Gasteiger partial charge in [-0.2, -0.15) is 0 Å². The van der Waals surface area contributed by atoms with Crippen LogP contribution in [0.5, 0.6) is 0 Å². The highest BCUT2D eigenvalue weighted by molar-refractivity contribution is 6.00. The van der Waals surface area contributed by atoms with E-state index in [9.17, 15) is 9.59 Å². The molecule has 0 aromatic rings. The quantitative estimate of drug-likeness (QED) is 0.755. The number of carbonyl (C=O) groups is 2. The van der Waals surface area contributed by atoms with E-state index in [1.807, 2.05) is 11.8 Å². The van der Waals surface area contributed by atoms with E-state index in [1.165, 1.54) is 0 Å². The standard InChI is InChI=1S/C16H26N2O3/c1-2-21-11-5-10-18-14(19)13(12-6-7-12)17-15(20)16(18)8-3-4-9-16/h12-13H,2-11H2,1H3,(H,17,20). The Bertz CT molecular complexity index is 414. The van der Waals surface area contributed by atoms with Gasteiger partial charge >= 0.3 is 0 Å². The van der Waals surface area contributed by atoms with Gasteiger partial charge in [-0.15, -0.1) is 0 Å². The summed E-state index contributed by atoms with van der Waals surface area (Å²) in [7, 11) is 0. The Morgan fingerprint density at radius 1 is 1.29 bits per heavy atom. The molecule has 3 fully saturated rings. The van der Waals surface area contributed by atoms with Crippen LogP contribution in [-0.4, -0.2) is 48.1 Å². The Kier molecular flexibility index (Phi) is 4.20. The highest BCUT2D eigenvalue weighted by atomic mass is 16.5. The molecule has 1 spiro atoms. The topological polar surface area (TPSA) is 58.6 Å². The van der Waals surface area contributed by atoms with E-state index >= 15 is 0 Å². The zero-order valence-electron chi connectivity index (χ0n) is 12.9. The second-order valence-corrected chi connectivity index (χ2v) is 6.57. The normalized spacial score (nSPS) is 28.2. The molecule has 1 unspecified atom stereocenters. The van der Waals surface area contributed by atoms with Gasteiger partial charge in [0, 0.05) is 19.8 Å². The van der Waals surface area contributed by atoms with E-state index < -0.39 is 5.54 Å². The second-order valence-electron chi connectivity index (χ2n) is 6.57. The molecule has 118 valence electrons. The van der Waals surface area contributed by atoms with Gasteiger partial charge in [-0.1, -0.05) is 12.8 Å². The molecule has 1 saturated heterocycles. The highest BCUT2D eigenvalue weighted by Gasteiger charge is 2.55. The van der Waals surface area contributed by atoms with E-state index in [0.29, 0.717) is 25.7 Å². The summed E-state index contributed by atoms with van der Waals surface area (Å²) in [5, 5.41) is 3.03. The van der Waals surface area contributed by atoms with Crippen LogP contribution in [0.15, 0.2) is 0 Å². The molecule has 0 bridgehead atoms. The van der Waals surface area contributed by atoms with E-state index in [2.05, 4.69) is 5.32 Å². The lowest BCUT2D eigenvalue weighted by Crippen LogP contribution is -2.70. The molecule has 2 amide bonds. The van der Waals surface area contributed by atoms with Crippen LogP contribution >= 0.6 is 0 Å². The predicted octanol–water partition coefficient (Wildman–Crippen LogP) is 1.46. The Morgan fingerprint density at radius 3 is 2.62 bits per heavy atom. The van der Waals surface area contributed by atoms with Crippen molar-refractivity contribution in [2.45, 2.75) is 63.5 Å². The summed E-state index contributed by atoms with van der Waals surface area (Å²) in [5.41, 5.74) is -0.561. The number of piperazine rings is 1. The maximum absolute atomic E-state index is 12.8. The molecule has 2 saturated carbocycles. The maximum atomic E-state index is 12.8. The number of nitrogens with zero attached hydrogens (tertiary/aromatic N) is 1. The van der Waals surface area contributed by atoms with Crippen molar-refractivity contribution >= 4 is 11.8 Å². The number of rotatable bonds is 6. The van der Waals surface area contributed by atoms with Gasteiger partial charge in [-0.25, -0.2) is 0 Å². The molecular formula is C16H26N2O3. The summed E-state index contributed by atoms with van der Waals surface area (Å²) >= 11 is 0. The van der Waals surface area contributed by atoms with Crippen molar-refractivity contribution < 1.29 is 14.3 Å². The Balaban J connectivity index is 1.74. The number of hydrogen-bond donors (Lipinski definition) is 1. The van der Waals surface area contributed by atoms with Gasteiger partial charge in [0.05, 0.1) is 0 Å². The summed E-state index contributed by atoms with van der Waals surface area (Å²) in [6.45, 7) is 3.98. The summed E-state index contributed by atoms with van der Waals surface area (Å²) < 4.78 is 5.39. The van der Waals surface area contributed by atoms with E-state index in [1.54, 1.807) is 0 Å². The molecule has 3 rings (SSSR count). The zero-order chi connectivity index (χ0) is 14.9.